The van der Waals surface area contributed by atoms with E-state index in [1.54, 1.807) is 6.92 Å². The molecule has 0 amide bonds. The smallest absolute Gasteiger partial charge is 0.306 e. The Hall–Kier alpha value is -1.45. The van der Waals surface area contributed by atoms with Gasteiger partial charge in [-0.3, -0.25) is 4.79 Å². The summed E-state index contributed by atoms with van der Waals surface area (Å²) in [6.45, 7) is 1.59. The van der Waals surface area contributed by atoms with Gasteiger partial charge >= 0.3 is 5.97 Å². The van der Waals surface area contributed by atoms with Crippen LogP contribution in [-0.2, 0) is 11.2 Å². The SMILES string of the molecule is CC(CCc1ccc(F)c(F)c1)C(=O)O. The summed E-state index contributed by atoms with van der Waals surface area (Å²) in [5.41, 5.74) is 0.613. The summed E-state index contributed by atoms with van der Waals surface area (Å²) in [6.07, 6.45) is 0.852. The monoisotopic (exact) mass is 214 g/mol. The Morgan fingerprint density at radius 2 is 2.07 bits per heavy atom. The average molecular weight is 214 g/mol. The Morgan fingerprint density at radius 3 is 2.60 bits per heavy atom. The van der Waals surface area contributed by atoms with Gasteiger partial charge in [0, 0.05) is 0 Å². The Bertz CT molecular complexity index is 364. The Labute approximate surface area is 86.5 Å². The van der Waals surface area contributed by atoms with Crippen molar-refractivity contribution in [3.05, 3.63) is 35.4 Å². The van der Waals surface area contributed by atoms with E-state index in [1.807, 2.05) is 0 Å². The summed E-state index contributed by atoms with van der Waals surface area (Å²) in [5, 5.41) is 8.62. The molecule has 0 fully saturated rings. The molecule has 2 nitrogen and oxygen atoms in total. The highest BCUT2D eigenvalue weighted by Crippen LogP contribution is 2.13. The van der Waals surface area contributed by atoms with Crippen LogP contribution in [0.2, 0.25) is 0 Å². The molecule has 0 radical (unpaired) electrons. The maximum absolute atomic E-state index is 12.8. The second kappa shape index (κ2) is 4.87. The van der Waals surface area contributed by atoms with E-state index < -0.39 is 23.5 Å². The average Bonchev–Trinajstić information content (AvgIpc) is 2.19. The highest BCUT2D eigenvalue weighted by Gasteiger charge is 2.11. The van der Waals surface area contributed by atoms with Crippen LogP contribution in [0.5, 0.6) is 0 Å². The van der Waals surface area contributed by atoms with Crippen molar-refractivity contribution in [2.75, 3.05) is 0 Å². The van der Waals surface area contributed by atoms with Gasteiger partial charge < -0.3 is 5.11 Å². The van der Waals surface area contributed by atoms with E-state index in [4.69, 9.17) is 5.11 Å². The minimum absolute atomic E-state index is 0.417. The molecule has 4 heteroatoms. The molecule has 0 aliphatic rings. The van der Waals surface area contributed by atoms with Gasteiger partial charge in [0.25, 0.3) is 0 Å². The number of carbonyl (C=O) groups is 1. The maximum Gasteiger partial charge on any atom is 0.306 e. The molecule has 0 bridgehead atoms. The minimum atomic E-state index is -0.893. The molecule has 0 heterocycles. The second-order valence-corrected chi connectivity index (χ2v) is 3.53. The molecule has 0 saturated heterocycles. The van der Waals surface area contributed by atoms with Gasteiger partial charge in [0.1, 0.15) is 0 Å². The van der Waals surface area contributed by atoms with Gasteiger partial charge in [-0.2, -0.15) is 0 Å². The summed E-state index contributed by atoms with van der Waals surface area (Å²) < 4.78 is 25.3. The van der Waals surface area contributed by atoms with Crippen molar-refractivity contribution in [3.8, 4) is 0 Å². The molecule has 0 aliphatic heterocycles. The van der Waals surface area contributed by atoms with Crippen LogP contribution in [0.15, 0.2) is 18.2 Å². The Kier molecular flexibility index (Phi) is 3.77. The van der Waals surface area contributed by atoms with E-state index in [9.17, 15) is 13.6 Å². The van der Waals surface area contributed by atoms with Crippen LogP contribution < -0.4 is 0 Å². The zero-order valence-corrected chi connectivity index (χ0v) is 8.34. The maximum atomic E-state index is 12.8. The lowest BCUT2D eigenvalue weighted by Crippen LogP contribution is -2.10. The summed E-state index contributed by atoms with van der Waals surface area (Å²) in [6, 6.07) is 3.62. The Balaban J connectivity index is 2.58. The molecular weight excluding hydrogens is 202 g/mol. The fraction of sp³-hybridized carbons (Fsp3) is 0.364. The van der Waals surface area contributed by atoms with Crippen molar-refractivity contribution in [2.45, 2.75) is 19.8 Å². The van der Waals surface area contributed by atoms with Gasteiger partial charge in [0.15, 0.2) is 11.6 Å². The molecule has 0 saturated carbocycles. The summed E-state index contributed by atoms with van der Waals surface area (Å²) in [5.74, 6) is -3.13. The van der Waals surface area contributed by atoms with Crippen molar-refractivity contribution < 1.29 is 18.7 Å². The van der Waals surface area contributed by atoms with E-state index in [0.29, 0.717) is 18.4 Å². The van der Waals surface area contributed by atoms with Crippen molar-refractivity contribution in [2.24, 2.45) is 5.92 Å². The number of hydrogen-bond acceptors (Lipinski definition) is 1. The third kappa shape index (κ3) is 3.31. The van der Waals surface area contributed by atoms with Crippen LogP contribution >= 0.6 is 0 Å². The first-order valence-electron chi connectivity index (χ1n) is 4.67. The number of carboxylic acid groups (broad SMARTS) is 1. The lowest BCUT2D eigenvalue weighted by molar-refractivity contribution is -0.141. The van der Waals surface area contributed by atoms with Gasteiger partial charge in [-0.25, -0.2) is 8.78 Å². The minimum Gasteiger partial charge on any atom is -0.481 e. The fourth-order valence-corrected chi connectivity index (χ4v) is 1.20. The summed E-state index contributed by atoms with van der Waals surface area (Å²) in [7, 11) is 0. The molecule has 0 aromatic heterocycles. The molecule has 1 aromatic carbocycles. The van der Waals surface area contributed by atoms with Gasteiger partial charge in [-0.15, -0.1) is 0 Å². The number of carboxylic acids is 1. The number of aryl methyl sites for hydroxylation is 1. The number of benzene rings is 1. The lowest BCUT2D eigenvalue weighted by atomic mass is 10.0. The molecule has 1 unspecified atom stereocenters. The van der Waals surface area contributed by atoms with Crippen molar-refractivity contribution in [3.63, 3.8) is 0 Å². The summed E-state index contributed by atoms with van der Waals surface area (Å²) >= 11 is 0. The van der Waals surface area contributed by atoms with Crippen molar-refractivity contribution in [1.82, 2.24) is 0 Å². The van der Waals surface area contributed by atoms with Crippen LogP contribution in [0.25, 0.3) is 0 Å². The predicted molar refractivity (Wildman–Crippen MR) is 51.5 cm³/mol. The molecule has 1 N–H and O–H groups in total. The predicted octanol–water partition coefficient (Wildman–Crippen LogP) is 2.62. The zero-order chi connectivity index (χ0) is 11.4. The lowest BCUT2D eigenvalue weighted by Gasteiger charge is -2.05. The summed E-state index contributed by atoms with van der Waals surface area (Å²) in [4.78, 5) is 10.5. The Morgan fingerprint density at radius 1 is 1.40 bits per heavy atom. The number of hydrogen-bond donors (Lipinski definition) is 1. The molecule has 1 rings (SSSR count). The van der Waals surface area contributed by atoms with Crippen molar-refractivity contribution >= 4 is 5.97 Å². The van der Waals surface area contributed by atoms with E-state index in [2.05, 4.69) is 0 Å². The van der Waals surface area contributed by atoms with Gasteiger partial charge in [-0.05, 0) is 30.5 Å². The highest BCUT2D eigenvalue weighted by atomic mass is 19.2. The van der Waals surface area contributed by atoms with Crippen LogP contribution in [0.3, 0.4) is 0 Å². The normalized spacial score (nSPS) is 12.5. The standard InChI is InChI=1S/C11H12F2O2/c1-7(11(14)15)2-3-8-4-5-9(12)10(13)6-8/h4-7H,2-3H2,1H3,(H,14,15). The molecule has 0 spiro atoms. The zero-order valence-electron chi connectivity index (χ0n) is 8.34. The van der Waals surface area contributed by atoms with Crippen LogP contribution in [0.4, 0.5) is 8.78 Å². The quantitative estimate of drug-likeness (QED) is 0.836. The largest absolute Gasteiger partial charge is 0.481 e. The van der Waals surface area contributed by atoms with Crippen LogP contribution in [-0.4, -0.2) is 11.1 Å². The van der Waals surface area contributed by atoms with E-state index in [1.165, 1.54) is 6.07 Å². The van der Waals surface area contributed by atoms with E-state index >= 15 is 0 Å². The number of aliphatic carboxylic acids is 1. The number of halogens is 2. The van der Waals surface area contributed by atoms with Crippen molar-refractivity contribution in [1.29, 1.82) is 0 Å². The third-order valence-electron chi connectivity index (χ3n) is 2.27. The van der Waals surface area contributed by atoms with E-state index in [0.717, 1.165) is 12.1 Å². The number of rotatable bonds is 4. The fourth-order valence-electron chi connectivity index (χ4n) is 1.20. The molecule has 1 aromatic rings. The molecule has 15 heavy (non-hydrogen) atoms. The van der Waals surface area contributed by atoms with Gasteiger partial charge in [-0.1, -0.05) is 13.0 Å². The first-order chi connectivity index (χ1) is 7.00. The van der Waals surface area contributed by atoms with Crippen LogP contribution in [0, 0.1) is 17.6 Å². The highest BCUT2D eigenvalue weighted by molar-refractivity contribution is 5.69. The van der Waals surface area contributed by atoms with Gasteiger partial charge in [0.05, 0.1) is 5.92 Å². The second-order valence-electron chi connectivity index (χ2n) is 3.53. The van der Waals surface area contributed by atoms with Gasteiger partial charge in [0.2, 0.25) is 0 Å². The molecule has 1 atom stereocenters. The van der Waals surface area contributed by atoms with Crippen LogP contribution in [0.1, 0.15) is 18.9 Å². The first kappa shape index (κ1) is 11.6. The topological polar surface area (TPSA) is 37.3 Å². The van der Waals surface area contributed by atoms with E-state index in [-0.39, 0.29) is 0 Å². The molecule has 82 valence electrons. The molecular formula is C11H12F2O2. The molecule has 0 aliphatic carbocycles. The first-order valence-corrected chi connectivity index (χ1v) is 4.67. The third-order valence-corrected chi connectivity index (χ3v) is 2.27.